The third-order valence-electron chi connectivity index (χ3n) is 11.5. The molecule has 2 aliphatic heterocycles. The van der Waals surface area contributed by atoms with Crippen LogP contribution in [0.25, 0.3) is 0 Å². The number of thiazole rings is 1. The van der Waals surface area contributed by atoms with Crippen molar-refractivity contribution in [3.63, 3.8) is 0 Å². The van der Waals surface area contributed by atoms with Gasteiger partial charge in [-0.3, -0.25) is 28.9 Å². The number of hydrogen-bond acceptors (Lipinski definition) is 10. The number of likely N-dealkylation sites (N-methyl/N-ethyl adjacent to an activating group) is 2. The van der Waals surface area contributed by atoms with Crippen molar-refractivity contribution in [3.8, 4) is 0 Å². The van der Waals surface area contributed by atoms with Crippen LogP contribution in [-0.4, -0.2) is 95.4 Å². The molecule has 2 bridgehead atoms. The monoisotopic (exact) mass is 753 g/mol. The van der Waals surface area contributed by atoms with Gasteiger partial charge in [-0.2, -0.15) is 0 Å². The number of amides is 3. The minimum atomic E-state index is -0.820. The molecular weight excluding hydrogens is 695 g/mol. The van der Waals surface area contributed by atoms with Crippen molar-refractivity contribution in [1.29, 1.82) is 0 Å². The number of nitrogens with one attached hydrogen (secondary N) is 2. The summed E-state index contributed by atoms with van der Waals surface area (Å²) in [5, 5.41) is 8.30. The molecule has 0 aliphatic carbocycles. The number of ether oxygens (including phenoxy) is 2. The average Bonchev–Trinajstić information content (AvgIpc) is 3.85. The molecule has 2 aliphatic rings. The molecule has 2 fully saturated rings. The summed E-state index contributed by atoms with van der Waals surface area (Å²) in [4.78, 5) is 74.9. The van der Waals surface area contributed by atoms with Crippen LogP contribution in [0.3, 0.4) is 0 Å². The summed E-state index contributed by atoms with van der Waals surface area (Å²) in [6, 6.07) is 8.65. The van der Waals surface area contributed by atoms with Crippen molar-refractivity contribution in [1.82, 2.24) is 25.4 Å². The Labute approximate surface area is 318 Å². The summed E-state index contributed by atoms with van der Waals surface area (Å²) in [6.45, 7) is 11.1. The Balaban J connectivity index is 1.52. The molecule has 0 radical (unpaired) electrons. The maximum atomic E-state index is 14.3. The van der Waals surface area contributed by atoms with E-state index >= 15 is 0 Å². The van der Waals surface area contributed by atoms with Crippen molar-refractivity contribution >= 4 is 41.0 Å². The highest BCUT2D eigenvalue weighted by molar-refractivity contribution is 7.09. The molecule has 0 spiro atoms. The molecule has 0 saturated carbocycles. The lowest BCUT2D eigenvalue weighted by atomic mass is 9.86. The third kappa shape index (κ3) is 10.0. The van der Waals surface area contributed by atoms with Crippen LogP contribution < -0.4 is 10.6 Å². The lowest BCUT2D eigenvalue weighted by molar-refractivity contribution is -0.149. The first-order chi connectivity index (χ1) is 25.1. The van der Waals surface area contributed by atoms with Crippen molar-refractivity contribution in [2.24, 2.45) is 17.8 Å². The van der Waals surface area contributed by atoms with E-state index < -0.39 is 35.5 Å². The lowest BCUT2D eigenvalue weighted by Crippen LogP contribution is -2.60. The van der Waals surface area contributed by atoms with Gasteiger partial charge in [0.15, 0.2) is 6.10 Å². The van der Waals surface area contributed by atoms with E-state index in [0.29, 0.717) is 30.3 Å². The number of carbonyl (C=O) groups excluding carboxylic acids is 5. The molecule has 53 heavy (non-hydrogen) atoms. The van der Waals surface area contributed by atoms with Crippen LogP contribution in [0.1, 0.15) is 114 Å². The highest BCUT2D eigenvalue weighted by atomic mass is 32.1. The number of rotatable bonds is 18. The molecule has 292 valence electrons. The van der Waals surface area contributed by atoms with Gasteiger partial charge in [-0.05, 0) is 63.0 Å². The summed E-state index contributed by atoms with van der Waals surface area (Å²) in [5.74, 6) is -2.12. The first-order valence-electron chi connectivity index (χ1n) is 19.0. The average molecular weight is 754 g/mol. The fourth-order valence-electron chi connectivity index (χ4n) is 8.01. The fraction of sp³-hybridized carbons (Fsp3) is 0.650. The zero-order valence-electron chi connectivity index (χ0n) is 32.8. The minimum Gasteiger partial charge on any atom is -0.469 e. The van der Waals surface area contributed by atoms with Crippen molar-refractivity contribution in [2.75, 3.05) is 21.2 Å². The van der Waals surface area contributed by atoms with E-state index in [2.05, 4.69) is 20.5 Å². The van der Waals surface area contributed by atoms with Crippen LogP contribution in [0.5, 0.6) is 0 Å². The predicted octanol–water partition coefficient (Wildman–Crippen LogP) is 5.32. The van der Waals surface area contributed by atoms with Gasteiger partial charge in [0.2, 0.25) is 11.8 Å². The van der Waals surface area contributed by atoms with Gasteiger partial charge >= 0.3 is 11.9 Å². The van der Waals surface area contributed by atoms with Crippen LogP contribution >= 0.6 is 11.3 Å². The van der Waals surface area contributed by atoms with Crippen LogP contribution in [-0.2, 0) is 35.1 Å². The van der Waals surface area contributed by atoms with Crippen LogP contribution in [0.15, 0.2) is 35.7 Å². The Morgan fingerprint density at radius 3 is 2.25 bits per heavy atom. The number of esters is 2. The summed E-state index contributed by atoms with van der Waals surface area (Å²) >= 11 is 1.21. The number of nitrogens with zero attached hydrogens (tertiary/aromatic N) is 3. The molecular formula is C40H59N5O7S. The zero-order chi connectivity index (χ0) is 39.0. The largest absolute Gasteiger partial charge is 0.469 e. The molecule has 2 saturated heterocycles. The topological polar surface area (TPSA) is 147 Å². The van der Waals surface area contributed by atoms with Gasteiger partial charge in [-0.15, -0.1) is 11.3 Å². The van der Waals surface area contributed by atoms with Crippen molar-refractivity contribution < 1.29 is 33.4 Å². The van der Waals surface area contributed by atoms with E-state index in [9.17, 15) is 24.0 Å². The predicted molar refractivity (Wildman–Crippen MR) is 204 cm³/mol. The van der Waals surface area contributed by atoms with Gasteiger partial charge in [-0.1, -0.05) is 71.4 Å². The second-order valence-corrected chi connectivity index (χ2v) is 16.3. The Kier molecular flexibility index (Phi) is 14.6. The Hall–Kier alpha value is -3.84. The number of benzene rings is 1. The third-order valence-corrected chi connectivity index (χ3v) is 12.4. The number of hydrogen-bond donors (Lipinski definition) is 2. The van der Waals surface area contributed by atoms with Gasteiger partial charge in [0.1, 0.15) is 22.3 Å². The Morgan fingerprint density at radius 1 is 1.04 bits per heavy atom. The molecule has 2 aromatic rings. The lowest BCUT2D eigenvalue weighted by Gasteiger charge is -2.38. The van der Waals surface area contributed by atoms with Crippen LogP contribution in [0.4, 0.5) is 0 Å². The summed E-state index contributed by atoms with van der Waals surface area (Å²) in [7, 11) is 5.11. The SMILES string of the molecule is CC[C@H](C)[C@H](NC(=O)C12CCC(CC1)N2C)C(=O)N(C)[C@H](C[C@@H](OC(C)=O)c1nc(C(=O)N[C@@H](Cc2ccccc2)C[C@H](C)C(=O)OC)cs1)C(C)C. The van der Waals surface area contributed by atoms with Crippen molar-refractivity contribution in [3.05, 3.63) is 52.0 Å². The highest BCUT2D eigenvalue weighted by Crippen LogP contribution is 2.45. The molecule has 13 heteroatoms. The van der Waals surface area contributed by atoms with E-state index in [1.807, 2.05) is 65.1 Å². The second-order valence-electron chi connectivity index (χ2n) is 15.4. The van der Waals surface area contributed by atoms with Gasteiger partial charge in [0.25, 0.3) is 5.91 Å². The quantitative estimate of drug-likeness (QED) is 0.193. The first-order valence-corrected chi connectivity index (χ1v) is 19.9. The van der Waals surface area contributed by atoms with Gasteiger partial charge in [0, 0.05) is 43.9 Å². The standard InChI is InChI=1S/C40H59N5O7S/c1-10-25(4)34(43-39(50)40-18-16-30(17-19-40)45(40)8)37(48)44(7)32(24(2)3)22-33(52-27(6)46)36-42-31(23-53-36)35(47)41-29(20-26(5)38(49)51-9)21-28-14-12-11-13-15-28/h11-15,23-26,29-30,32-34H,10,16-22H2,1-9H3,(H,41,47)(H,43,50)/t25-,26-,29+,30?,32+,33+,34-,40?/m0/s1. The maximum absolute atomic E-state index is 14.3. The molecule has 2 N–H and O–H groups in total. The molecule has 3 amide bonds. The Bertz CT molecular complexity index is 1570. The molecule has 4 rings (SSSR count). The number of aromatic nitrogens is 1. The zero-order valence-corrected chi connectivity index (χ0v) is 33.7. The van der Waals surface area contributed by atoms with Crippen molar-refractivity contribution in [2.45, 2.75) is 129 Å². The molecule has 1 aromatic heterocycles. The Morgan fingerprint density at radius 2 is 1.70 bits per heavy atom. The van der Waals surface area contributed by atoms with Gasteiger partial charge < -0.3 is 25.0 Å². The minimum absolute atomic E-state index is 0.0382. The summed E-state index contributed by atoms with van der Waals surface area (Å²) < 4.78 is 10.7. The van der Waals surface area contributed by atoms with E-state index in [4.69, 9.17) is 9.47 Å². The van der Waals surface area contributed by atoms with E-state index in [0.717, 1.165) is 31.2 Å². The summed E-state index contributed by atoms with van der Waals surface area (Å²) in [6.07, 6.45) is 4.57. The smallest absolute Gasteiger partial charge is 0.308 e. The molecule has 0 unspecified atom stereocenters. The maximum Gasteiger partial charge on any atom is 0.308 e. The normalized spacial score (nSPS) is 21.6. The summed E-state index contributed by atoms with van der Waals surface area (Å²) in [5.41, 5.74) is 0.611. The van der Waals surface area contributed by atoms with Crippen LogP contribution in [0, 0.1) is 17.8 Å². The van der Waals surface area contributed by atoms with Gasteiger partial charge in [-0.25, -0.2) is 4.98 Å². The number of fused-ring (bicyclic) bond motifs is 2. The highest BCUT2D eigenvalue weighted by Gasteiger charge is 2.55. The molecule has 3 heterocycles. The van der Waals surface area contributed by atoms with Crippen LogP contribution in [0.2, 0.25) is 0 Å². The molecule has 12 nitrogen and oxygen atoms in total. The number of carbonyl (C=O) groups is 5. The number of methoxy groups -OCH3 is 1. The van der Waals surface area contributed by atoms with E-state index in [1.165, 1.54) is 25.4 Å². The first kappa shape index (κ1) is 41.9. The second kappa shape index (κ2) is 18.5. The molecule has 1 aromatic carbocycles. The molecule has 6 atom stereocenters. The van der Waals surface area contributed by atoms with E-state index in [1.54, 1.807) is 24.3 Å². The van der Waals surface area contributed by atoms with Gasteiger partial charge in [0.05, 0.1) is 13.0 Å². The fourth-order valence-corrected chi connectivity index (χ4v) is 8.85. The van der Waals surface area contributed by atoms with E-state index in [-0.39, 0.29) is 53.8 Å².